The number of benzene rings is 2. The Bertz CT molecular complexity index is 578. The highest BCUT2D eigenvalue weighted by Gasteiger charge is 2.02. The molecule has 0 atom stereocenters. The Morgan fingerprint density at radius 1 is 1.10 bits per heavy atom. The second-order valence-corrected chi connectivity index (χ2v) is 6.59. The third-order valence-corrected chi connectivity index (χ3v) is 4.40. The van der Waals surface area contributed by atoms with Crippen LogP contribution < -0.4 is 5.32 Å². The van der Waals surface area contributed by atoms with E-state index in [4.69, 9.17) is 0 Å². The molecule has 21 heavy (non-hydrogen) atoms. The Morgan fingerprint density at radius 2 is 1.81 bits per heavy atom. The van der Waals surface area contributed by atoms with E-state index >= 15 is 0 Å². The largest absolute Gasteiger partial charge is 0.310 e. The molecular formula is C18H22FNS. The summed E-state index contributed by atoms with van der Waals surface area (Å²) in [7, 11) is 0. The minimum atomic E-state index is -0.161. The summed E-state index contributed by atoms with van der Waals surface area (Å²) >= 11 is 1.74. The van der Waals surface area contributed by atoms with Crippen LogP contribution >= 0.6 is 11.8 Å². The van der Waals surface area contributed by atoms with Gasteiger partial charge in [-0.05, 0) is 47.9 Å². The maximum Gasteiger partial charge on any atom is 0.123 e. The molecule has 0 aliphatic rings. The third kappa shape index (κ3) is 5.18. The van der Waals surface area contributed by atoms with Crippen molar-refractivity contribution in [3.63, 3.8) is 0 Å². The van der Waals surface area contributed by atoms with Crippen molar-refractivity contribution >= 4 is 11.8 Å². The molecule has 0 saturated heterocycles. The number of aryl methyl sites for hydroxylation is 1. The molecule has 0 saturated carbocycles. The zero-order valence-electron chi connectivity index (χ0n) is 12.8. The first-order chi connectivity index (χ1) is 10.0. The molecule has 1 nitrogen and oxygen atoms in total. The second-order valence-electron chi connectivity index (χ2n) is 5.54. The molecule has 3 heteroatoms. The van der Waals surface area contributed by atoms with Gasteiger partial charge in [-0.2, -0.15) is 0 Å². The quantitative estimate of drug-likeness (QED) is 0.760. The van der Waals surface area contributed by atoms with Crippen molar-refractivity contribution in [1.29, 1.82) is 0 Å². The molecule has 0 fully saturated rings. The number of rotatable bonds is 6. The van der Waals surface area contributed by atoms with E-state index < -0.39 is 0 Å². The monoisotopic (exact) mass is 303 g/mol. The van der Waals surface area contributed by atoms with Crippen molar-refractivity contribution in [2.75, 3.05) is 0 Å². The summed E-state index contributed by atoms with van der Waals surface area (Å²) in [6.45, 7) is 7.21. The molecule has 0 bridgehead atoms. The van der Waals surface area contributed by atoms with Crippen molar-refractivity contribution in [3.8, 4) is 0 Å². The average Bonchev–Trinajstić information content (AvgIpc) is 2.47. The van der Waals surface area contributed by atoms with Crippen molar-refractivity contribution in [2.45, 2.75) is 44.0 Å². The molecule has 2 aromatic rings. The molecule has 1 N–H and O–H groups in total. The maximum atomic E-state index is 13.3. The topological polar surface area (TPSA) is 12.0 Å². The summed E-state index contributed by atoms with van der Waals surface area (Å²) in [5.41, 5.74) is 3.49. The van der Waals surface area contributed by atoms with Crippen molar-refractivity contribution in [3.05, 3.63) is 65.0 Å². The predicted octanol–water partition coefficient (Wildman–Crippen LogP) is 4.92. The summed E-state index contributed by atoms with van der Waals surface area (Å²) in [5, 5.41) is 3.40. The van der Waals surface area contributed by atoms with Gasteiger partial charge < -0.3 is 5.32 Å². The van der Waals surface area contributed by atoms with Gasteiger partial charge in [-0.25, -0.2) is 4.39 Å². The fraction of sp³-hybridized carbons (Fsp3) is 0.333. The number of nitrogens with one attached hydrogen (secondary N) is 1. The molecule has 2 rings (SSSR count). The molecule has 0 radical (unpaired) electrons. The van der Waals surface area contributed by atoms with E-state index in [1.54, 1.807) is 17.8 Å². The zero-order valence-corrected chi connectivity index (χ0v) is 13.6. The zero-order chi connectivity index (χ0) is 15.2. The lowest BCUT2D eigenvalue weighted by Gasteiger charge is -2.09. The Labute approximate surface area is 131 Å². The number of hydrogen-bond acceptors (Lipinski definition) is 2. The van der Waals surface area contributed by atoms with Crippen LogP contribution in [0.3, 0.4) is 0 Å². The Hall–Kier alpha value is -1.32. The van der Waals surface area contributed by atoms with Crippen LogP contribution in [0, 0.1) is 12.7 Å². The summed E-state index contributed by atoms with van der Waals surface area (Å²) in [6, 6.07) is 14.0. The van der Waals surface area contributed by atoms with Crippen LogP contribution in [0.15, 0.2) is 47.4 Å². The Kier molecular flexibility index (Phi) is 5.83. The lowest BCUT2D eigenvalue weighted by molar-refractivity contribution is 0.588. The van der Waals surface area contributed by atoms with Gasteiger partial charge in [0.1, 0.15) is 5.82 Å². The molecule has 0 spiro atoms. The molecule has 0 aliphatic heterocycles. The summed E-state index contributed by atoms with van der Waals surface area (Å²) in [5.74, 6) is 0.638. The molecule has 0 heterocycles. The highest BCUT2D eigenvalue weighted by atomic mass is 32.2. The minimum Gasteiger partial charge on any atom is -0.310 e. The summed E-state index contributed by atoms with van der Waals surface area (Å²) < 4.78 is 13.3. The normalized spacial score (nSPS) is 11.1. The number of hydrogen-bond donors (Lipinski definition) is 1. The highest BCUT2D eigenvalue weighted by molar-refractivity contribution is 7.98. The van der Waals surface area contributed by atoms with Crippen LogP contribution in [0.2, 0.25) is 0 Å². The molecule has 0 aromatic heterocycles. The SMILES string of the molecule is Cc1ccc(F)cc1CSc1ccc(CNC(C)C)cc1. The van der Waals surface area contributed by atoms with E-state index in [1.165, 1.54) is 16.5 Å². The first-order valence-corrected chi connectivity index (χ1v) is 8.23. The second kappa shape index (κ2) is 7.62. The van der Waals surface area contributed by atoms with Crippen LogP contribution in [0.4, 0.5) is 4.39 Å². The standard InChI is InChI=1S/C18H22FNS/c1-13(2)20-11-15-5-8-18(9-6-15)21-12-16-10-17(19)7-4-14(16)3/h4-10,13,20H,11-12H2,1-3H3. The van der Waals surface area contributed by atoms with Crippen LogP contribution in [-0.2, 0) is 12.3 Å². The van der Waals surface area contributed by atoms with E-state index in [2.05, 4.69) is 43.4 Å². The summed E-state index contributed by atoms with van der Waals surface area (Å²) in [4.78, 5) is 1.21. The van der Waals surface area contributed by atoms with Gasteiger partial charge in [0, 0.05) is 23.2 Å². The molecular weight excluding hydrogens is 281 g/mol. The van der Waals surface area contributed by atoms with Gasteiger partial charge in [-0.1, -0.05) is 32.0 Å². The Morgan fingerprint density at radius 3 is 2.48 bits per heavy atom. The highest BCUT2D eigenvalue weighted by Crippen LogP contribution is 2.25. The van der Waals surface area contributed by atoms with Gasteiger partial charge >= 0.3 is 0 Å². The smallest absolute Gasteiger partial charge is 0.123 e. The van der Waals surface area contributed by atoms with E-state index in [-0.39, 0.29) is 5.82 Å². The molecule has 112 valence electrons. The first kappa shape index (κ1) is 16.1. The van der Waals surface area contributed by atoms with Gasteiger partial charge in [0.2, 0.25) is 0 Å². The van der Waals surface area contributed by atoms with Gasteiger partial charge in [0.05, 0.1) is 0 Å². The van der Waals surface area contributed by atoms with Crippen LogP contribution in [0.1, 0.15) is 30.5 Å². The van der Waals surface area contributed by atoms with E-state index in [0.29, 0.717) is 6.04 Å². The van der Waals surface area contributed by atoms with Gasteiger partial charge in [-0.3, -0.25) is 0 Å². The Balaban J connectivity index is 1.93. The fourth-order valence-electron chi connectivity index (χ4n) is 1.98. The number of thioether (sulfide) groups is 1. The van der Waals surface area contributed by atoms with Gasteiger partial charge in [-0.15, -0.1) is 11.8 Å². The fourth-order valence-corrected chi connectivity index (χ4v) is 2.94. The third-order valence-electron chi connectivity index (χ3n) is 3.34. The molecule has 0 unspecified atom stereocenters. The number of halogens is 1. The molecule has 0 aliphatic carbocycles. The average molecular weight is 303 g/mol. The van der Waals surface area contributed by atoms with Gasteiger partial charge in [0.25, 0.3) is 0 Å². The van der Waals surface area contributed by atoms with Gasteiger partial charge in [0.15, 0.2) is 0 Å². The molecule has 2 aromatic carbocycles. The van der Waals surface area contributed by atoms with E-state index in [9.17, 15) is 4.39 Å². The van der Waals surface area contributed by atoms with E-state index in [1.807, 2.05) is 13.0 Å². The molecule has 0 amide bonds. The van der Waals surface area contributed by atoms with Crippen molar-refractivity contribution in [1.82, 2.24) is 5.32 Å². The lowest BCUT2D eigenvalue weighted by Crippen LogP contribution is -2.21. The van der Waals surface area contributed by atoms with Crippen LogP contribution in [-0.4, -0.2) is 6.04 Å². The maximum absolute atomic E-state index is 13.3. The summed E-state index contributed by atoms with van der Waals surface area (Å²) in [6.07, 6.45) is 0. The van der Waals surface area contributed by atoms with Crippen LogP contribution in [0.25, 0.3) is 0 Å². The minimum absolute atomic E-state index is 0.161. The predicted molar refractivity (Wildman–Crippen MR) is 89.1 cm³/mol. The lowest BCUT2D eigenvalue weighted by atomic mass is 10.1. The van der Waals surface area contributed by atoms with Crippen molar-refractivity contribution in [2.24, 2.45) is 0 Å². The van der Waals surface area contributed by atoms with Crippen LogP contribution in [0.5, 0.6) is 0 Å². The van der Waals surface area contributed by atoms with E-state index in [0.717, 1.165) is 23.4 Å². The first-order valence-electron chi connectivity index (χ1n) is 7.25. The van der Waals surface area contributed by atoms with Crippen molar-refractivity contribution < 1.29 is 4.39 Å².